The SMILES string of the molecule is CCCCc1c(C(=O)O)nnn1CC(=O)N1CCOCC1. The Kier molecular flexibility index (Phi) is 5.26. The number of carboxylic acids is 1. The van der Waals surface area contributed by atoms with Crippen molar-refractivity contribution in [2.24, 2.45) is 0 Å². The van der Waals surface area contributed by atoms with Crippen LogP contribution in [0.1, 0.15) is 35.9 Å². The van der Waals surface area contributed by atoms with Gasteiger partial charge in [-0.25, -0.2) is 9.48 Å². The van der Waals surface area contributed by atoms with Crippen molar-refractivity contribution in [3.63, 3.8) is 0 Å². The number of nitrogens with zero attached hydrogens (tertiary/aromatic N) is 4. The van der Waals surface area contributed by atoms with Gasteiger partial charge in [-0.3, -0.25) is 4.79 Å². The highest BCUT2D eigenvalue weighted by molar-refractivity contribution is 5.86. The molecule has 0 aromatic carbocycles. The first-order chi connectivity index (χ1) is 10.1. The molecule has 1 aliphatic rings. The fourth-order valence-electron chi connectivity index (χ4n) is 2.26. The van der Waals surface area contributed by atoms with Crippen molar-refractivity contribution in [1.82, 2.24) is 19.9 Å². The maximum atomic E-state index is 12.2. The summed E-state index contributed by atoms with van der Waals surface area (Å²) in [6.45, 7) is 4.23. The molecule has 1 aromatic heterocycles. The summed E-state index contributed by atoms with van der Waals surface area (Å²) in [5, 5.41) is 16.7. The van der Waals surface area contributed by atoms with Gasteiger partial charge in [0.15, 0.2) is 5.69 Å². The number of amides is 1. The molecule has 1 aromatic rings. The van der Waals surface area contributed by atoms with E-state index in [1.165, 1.54) is 4.68 Å². The van der Waals surface area contributed by atoms with E-state index in [1.807, 2.05) is 6.92 Å². The van der Waals surface area contributed by atoms with Gasteiger partial charge in [-0.2, -0.15) is 0 Å². The average Bonchev–Trinajstić information content (AvgIpc) is 2.89. The minimum atomic E-state index is -1.11. The van der Waals surface area contributed by atoms with Gasteiger partial charge in [0.05, 0.1) is 18.9 Å². The molecule has 0 spiro atoms. The summed E-state index contributed by atoms with van der Waals surface area (Å²) in [5.41, 5.74) is 0.462. The number of carbonyl (C=O) groups excluding carboxylic acids is 1. The minimum absolute atomic E-state index is 0.0271. The van der Waals surface area contributed by atoms with Crippen LogP contribution in [0.4, 0.5) is 0 Å². The fourth-order valence-corrected chi connectivity index (χ4v) is 2.26. The number of hydrogen-bond acceptors (Lipinski definition) is 5. The zero-order valence-electron chi connectivity index (χ0n) is 12.1. The summed E-state index contributed by atoms with van der Waals surface area (Å²) in [6.07, 6.45) is 2.32. The largest absolute Gasteiger partial charge is 0.476 e. The Labute approximate surface area is 122 Å². The van der Waals surface area contributed by atoms with E-state index in [0.29, 0.717) is 38.4 Å². The van der Waals surface area contributed by atoms with E-state index in [4.69, 9.17) is 9.84 Å². The molecule has 1 N–H and O–H groups in total. The Morgan fingerprint density at radius 3 is 2.67 bits per heavy atom. The maximum absolute atomic E-state index is 12.2. The van der Waals surface area contributed by atoms with Crippen molar-refractivity contribution in [1.29, 1.82) is 0 Å². The predicted octanol–water partition coefficient (Wildman–Crippen LogP) is 0.178. The highest BCUT2D eigenvalue weighted by Gasteiger charge is 2.22. The molecule has 0 bridgehead atoms. The molecule has 1 fully saturated rings. The Morgan fingerprint density at radius 1 is 1.33 bits per heavy atom. The Bertz CT molecular complexity index is 508. The summed E-state index contributed by atoms with van der Waals surface area (Å²) in [7, 11) is 0. The lowest BCUT2D eigenvalue weighted by Gasteiger charge is -2.26. The summed E-state index contributed by atoms with van der Waals surface area (Å²) in [4.78, 5) is 25.1. The van der Waals surface area contributed by atoms with Gasteiger partial charge in [0.2, 0.25) is 5.91 Å². The van der Waals surface area contributed by atoms with Crippen LogP contribution in [0.3, 0.4) is 0 Å². The van der Waals surface area contributed by atoms with Gasteiger partial charge in [-0.15, -0.1) is 5.10 Å². The number of unbranched alkanes of at least 4 members (excludes halogenated alkanes) is 1. The van der Waals surface area contributed by atoms with E-state index in [0.717, 1.165) is 12.8 Å². The van der Waals surface area contributed by atoms with E-state index in [2.05, 4.69) is 10.3 Å². The van der Waals surface area contributed by atoms with Gasteiger partial charge in [0.1, 0.15) is 6.54 Å². The van der Waals surface area contributed by atoms with Crippen LogP contribution in [0.2, 0.25) is 0 Å². The minimum Gasteiger partial charge on any atom is -0.476 e. The van der Waals surface area contributed by atoms with Gasteiger partial charge < -0.3 is 14.7 Å². The third kappa shape index (κ3) is 3.78. The molecule has 8 heteroatoms. The van der Waals surface area contributed by atoms with Crippen LogP contribution in [0, 0.1) is 0 Å². The number of carboxylic acid groups (broad SMARTS) is 1. The zero-order chi connectivity index (χ0) is 15.2. The fraction of sp³-hybridized carbons (Fsp3) is 0.692. The monoisotopic (exact) mass is 296 g/mol. The average molecular weight is 296 g/mol. The molecule has 0 aliphatic carbocycles. The topological polar surface area (TPSA) is 97.5 Å². The van der Waals surface area contributed by atoms with Crippen LogP contribution in [0.5, 0.6) is 0 Å². The molecule has 0 saturated carbocycles. The van der Waals surface area contributed by atoms with Crippen LogP contribution < -0.4 is 0 Å². The molecule has 8 nitrogen and oxygen atoms in total. The zero-order valence-corrected chi connectivity index (χ0v) is 12.1. The lowest BCUT2D eigenvalue weighted by Crippen LogP contribution is -2.42. The number of hydrogen-bond donors (Lipinski definition) is 1. The molecule has 2 rings (SSSR count). The molecular formula is C13H20N4O4. The second kappa shape index (κ2) is 7.16. The first-order valence-corrected chi connectivity index (χ1v) is 7.14. The van der Waals surface area contributed by atoms with E-state index in [9.17, 15) is 9.59 Å². The van der Waals surface area contributed by atoms with Crippen molar-refractivity contribution >= 4 is 11.9 Å². The lowest BCUT2D eigenvalue weighted by molar-refractivity contribution is -0.136. The van der Waals surface area contributed by atoms with Crippen molar-refractivity contribution in [3.8, 4) is 0 Å². The van der Waals surface area contributed by atoms with Gasteiger partial charge in [-0.1, -0.05) is 18.6 Å². The lowest BCUT2D eigenvalue weighted by atomic mass is 10.1. The highest BCUT2D eigenvalue weighted by atomic mass is 16.5. The number of ether oxygens (including phenoxy) is 1. The third-order valence-electron chi connectivity index (χ3n) is 3.46. The first kappa shape index (κ1) is 15.4. The smallest absolute Gasteiger partial charge is 0.358 e. The number of aromatic carboxylic acids is 1. The second-order valence-electron chi connectivity index (χ2n) is 4.94. The van der Waals surface area contributed by atoms with E-state index in [1.54, 1.807) is 4.90 Å². The van der Waals surface area contributed by atoms with Gasteiger partial charge in [0.25, 0.3) is 0 Å². The van der Waals surface area contributed by atoms with Crippen LogP contribution >= 0.6 is 0 Å². The van der Waals surface area contributed by atoms with Crippen LogP contribution in [0.15, 0.2) is 0 Å². The molecule has 1 saturated heterocycles. The van der Waals surface area contributed by atoms with Crippen LogP contribution in [0.25, 0.3) is 0 Å². The predicted molar refractivity (Wildman–Crippen MR) is 73.0 cm³/mol. The molecule has 116 valence electrons. The summed E-state index contributed by atoms with van der Waals surface area (Å²) in [6, 6.07) is 0. The summed E-state index contributed by atoms with van der Waals surface area (Å²) in [5.74, 6) is -1.19. The molecule has 0 atom stereocenters. The van der Waals surface area contributed by atoms with Crippen molar-refractivity contribution in [2.45, 2.75) is 32.7 Å². The Balaban J connectivity index is 2.10. The number of rotatable bonds is 6. The number of carbonyl (C=O) groups is 2. The number of morpholine rings is 1. The number of aromatic nitrogens is 3. The maximum Gasteiger partial charge on any atom is 0.358 e. The van der Waals surface area contributed by atoms with Crippen molar-refractivity contribution in [2.75, 3.05) is 26.3 Å². The molecular weight excluding hydrogens is 276 g/mol. The van der Waals surface area contributed by atoms with E-state index >= 15 is 0 Å². The summed E-state index contributed by atoms with van der Waals surface area (Å²) < 4.78 is 6.62. The second-order valence-corrected chi connectivity index (χ2v) is 4.94. The Morgan fingerprint density at radius 2 is 2.05 bits per heavy atom. The standard InChI is InChI=1S/C13H20N4O4/c1-2-3-4-10-12(13(19)20)14-15-17(10)9-11(18)16-5-7-21-8-6-16/h2-9H2,1H3,(H,19,20). The Hall–Kier alpha value is -1.96. The quantitative estimate of drug-likeness (QED) is 0.804. The normalized spacial score (nSPS) is 15.2. The van der Waals surface area contributed by atoms with Gasteiger partial charge in [-0.05, 0) is 12.8 Å². The molecule has 1 aliphatic heterocycles. The third-order valence-corrected chi connectivity index (χ3v) is 3.46. The van der Waals surface area contributed by atoms with Crippen LogP contribution in [-0.2, 0) is 22.5 Å². The highest BCUT2D eigenvalue weighted by Crippen LogP contribution is 2.11. The molecule has 0 radical (unpaired) electrons. The molecule has 21 heavy (non-hydrogen) atoms. The van der Waals surface area contributed by atoms with Gasteiger partial charge >= 0.3 is 5.97 Å². The molecule has 0 unspecified atom stereocenters. The molecule has 1 amide bonds. The van der Waals surface area contributed by atoms with E-state index < -0.39 is 5.97 Å². The van der Waals surface area contributed by atoms with Crippen molar-refractivity contribution < 1.29 is 19.4 Å². The molecule has 2 heterocycles. The van der Waals surface area contributed by atoms with Gasteiger partial charge in [0, 0.05) is 13.1 Å². The van der Waals surface area contributed by atoms with E-state index in [-0.39, 0.29) is 18.1 Å². The first-order valence-electron chi connectivity index (χ1n) is 7.14. The summed E-state index contributed by atoms with van der Waals surface area (Å²) >= 11 is 0. The van der Waals surface area contributed by atoms with Crippen molar-refractivity contribution in [3.05, 3.63) is 11.4 Å². The van der Waals surface area contributed by atoms with Crippen LogP contribution in [-0.4, -0.2) is 63.2 Å².